The van der Waals surface area contributed by atoms with Gasteiger partial charge < -0.3 is 0 Å². The summed E-state index contributed by atoms with van der Waals surface area (Å²) in [7, 11) is 0. The van der Waals surface area contributed by atoms with Gasteiger partial charge in [-0.05, 0) is 213 Å². The van der Waals surface area contributed by atoms with Crippen molar-refractivity contribution in [1.29, 1.82) is 0 Å². The van der Waals surface area contributed by atoms with E-state index in [9.17, 15) is 0 Å². The molecule has 0 heterocycles. The Balaban J connectivity index is 2.19. The third-order valence-electron chi connectivity index (χ3n) is 8.16. The highest BCUT2D eigenvalue weighted by Crippen LogP contribution is 2.55. The standard InChI is InChI=1S/C32H28I4/c1-13-9-21-25(29(33)17(13)5)22-10-14(2)19(7)31(35)27(22)24-12-16(4)20(8)32(36)28(24)23-11-15(3)18(6)30(34)26(21)23/h9-12H,1-8H3. The van der Waals surface area contributed by atoms with Gasteiger partial charge in [-0.3, -0.25) is 0 Å². The van der Waals surface area contributed by atoms with Gasteiger partial charge in [-0.1, -0.05) is 24.3 Å². The smallest absolute Gasteiger partial charge is 0.0247 e. The minimum Gasteiger partial charge on any atom is -0.0504 e. The minimum absolute atomic E-state index is 1.36. The summed E-state index contributed by atoms with van der Waals surface area (Å²) < 4.78 is 5.46. The molecule has 0 atom stereocenters. The van der Waals surface area contributed by atoms with Crippen molar-refractivity contribution in [3.63, 3.8) is 0 Å². The Hall–Kier alpha value is -0.200. The number of hydrogen-bond acceptors (Lipinski definition) is 0. The van der Waals surface area contributed by atoms with Gasteiger partial charge in [-0.15, -0.1) is 0 Å². The minimum atomic E-state index is 1.36. The molecule has 4 aromatic rings. The molecule has 0 aliphatic heterocycles. The van der Waals surface area contributed by atoms with Crippen LogP contribution in [0.2, 0.25) is 0 Å². The van der Waals surface area contributed by atoms with Crippen molar-refractivity contribution in [2.24, 2.45) is 0 Å². The van der Waals surface area contributed by atoms with Crippen LogP contribution in [0.1, 0.15) is 44.5 Å². The predicted octanol–water partition coefficient (Wildman–Crippen LogP) is 11.6. The molecule has 5 rings (SSSR count). The molecule has 36 heavy (non-hydrogen) atoms. The first-order valence-electron chi connectivity index (χ1n) is 12.1. The first-order valence-corrected chi connectivity index (χ1v) is 16.4. The molecule has 0 aromatic heterocycles. The lowest BCUT2D eigenvalue weighted by Gasteiger charge is -2.30. The Morgan fingerprint density at radius 1 is 0.333 bits per heavy atom. The van der Waals surface area contributed by atoms with E-state index in [0.29, 0.717) is 0 Å². The summed E-state index contributed by atoms with van der Waals surface area (Å²) in [6.45, 7) is 18.2. The lowest BCUT2D eigenvalue weighted by atomic mass is 9.77. The zero-order valence-electron chi connectivity index (χ0n) is 21.8. The molecular weight excluding hydrogens is 892 g/mol. The maximum Gasteiger partial charge on any atom is 0.0247 e. The Labute approximate surface area is 270 Å². The van der Waals surface area contributed by atoms with Crippen LogP contribution < -0.4 is 0 Å². The van der Waals surface area contributed by atoms with E-state index in [0.717, 1.165) is 0 Å². The van der Waals surface area contributed by atoms with Gasteiger partial charge in [-0.2, -0.15) is 0 Å². The fourth-order valence-electron chi connectivity index (χ4n) is 5.35. The Bertz CT molecular complexity index is 1370. The van der Waals surface area contributed by atoms with Crippen LogP contribution in [0.3, 0.4) is 0 Å². The van der Waals surface area contributed by atoms with Gasteiger partial charge in [0.25, 0.3) is 0 Å². The van der Waals surface area contributed by atoms with E-state index in [1.165, 1.54) is 103 Å². The molecule has 1 aliphatic rings. The van der Waals surface area contributed by atoms with E-state index in [4.69, 9.17) is 0 Å². The topological polar surface area (TPSA) is 0 Å². The number of hydrogen-bond donors (Lipinski definition) is 0. The monoisotopic (exact) mass is 920 g/mol. The molecule has 184 valence electrons. The first kappa shape index (κ1) is 27.4. The first-order chi connectivity index (χ1) is 16.9. The molecule has 0 bridgehead atoms. The molecule has 0 radical (unpaired) electrons. The Kier molecular flexibility index (Phi) is 7.43. The summed E-state index contributed by atoms with van der Waals surface area (Å²) in [4.78, 5) is 0. The van der Waals surface area contributed by atoms with Crippen molar-refractivity contribution in [2.45, 2.75) is 55.4 Å². The average molecular weight is 920 g/mol. The highest BCUT2D eigenvalue weighted by molar-refractivity contribution is 14.1. The second-order valence-corrected chi connectivity index (χ2v) is 14.5. The number of halogens is 4. The number of benzene rings is 4. The van der Waals surface area contributed by atoms with Gasteiger partial charge in [0.2, 0.25) is 0 Å². The van der Waals surface area contributed by atoms with Crippen molar-refractivity contribution in [3.05, 3.63) is 83.1 Å². The van der Waals surface area contributed by atoms with Gasteiger partial charge in [-0.25, -0.2) is 0 Å². The van der Waals surface area contributed by atoms with Gasteiger partial charge in [0.05, 0.1) is 0 Å². The quantitative estimate of drug-likeness (QED) is 0.136. The largest absolute Gasteiger partial charge is 0.0504 e. The molecule has 0 amide bonds. The zero-order chi connectivity index (χ0) is 26.4. The van der Waals surface area contributed by atoms with Gasteiger partial charge in [0.1, 0.15) is 0 Å². The van der Waals surface area contributed by atoms with E-state index < -0.39 is 0 Å². The van der Waals surface area contributed by atoms with Crippen LogP contribution >= 0.6 is 90.4 Å². The summed E-state index contributed by atoms with van der Waals surface area (Å²) in [6, 6.07) is 9.81. The maximum atomic E-state index is 2.61. The van der Waals surface area contributed by atoms with Crippen LogP contribution in [0.4, 0.5) is 0 Å². The van der Waals surface area contributed by atoms with Crippen LogP contribution in [0.15, 0.2) is 24.3 Å². The highest BCUT2D eigenvalue weighted by atomic mass is 127. The molecule has 0 unspecified atom stereocenters. The fourth-order valence-corrected chi connectivity index (χ4v) is 9.37. The summed E-state index contributed by atoms with van der Waals surface area (Å²) in [5, 5.41) is 0. The molecule has 0 nitrogen and oxygen atoms in total. The van der Waals surface area contributed by atoms with Gasteiger partial charge in [0.15, 0.2) is 0 Å². The molecule has 4 heteroatoms. The summed E-state index contributed by atoms with van der Waals surface area (Å²) in [5.41, 5.74) is 21.9. The second-order valence-electron chi connectivity index (χ2n) is 10.2. The van der Waals surface area contributed by atoms with Crippen molar-refractivity contribution < 1.29 is 0 Å². The van der Waals surface area contributed by atoms with Crippen LogP contribution in [0.25, 0.3) is 44.5 Å². The van der Waals surface area contributed by atoms with E-state index in [2.05, 4.69) is 170 Å². The number of rotatable bonds is 0. The highest BCUT2D eigenvalue weighted by Gasteiger charge is 2.31. The Morgan fingerprint density at radius 3 is 0.667 bits per heavy atom. The summed E-state index contributed by atoms with van der Waals surface area (Å²) in [5.74, 6) is 0. The SMILES string of the molecule is Cc1cc2c(c(I)c1C)-c1cc(C)c(C)c(I)c1-c1cc(C)c(C)c(I)c1-c1cc(C)c(C)c(I)c1-2. The number of aryl methyl sites for hydroxylation is 4. The third kappa shape index (κ3) is 3.96. The summed E-state index contributed by atoms with van der Waals surface area (Å²) in [6.07, 6.45) is 0. The van der Waals surface area contributed by atoms with Crippen LogP contribution in [0, 0.1) is 69.7 Å². The molecule has 1 aliphatic carbocycles. The van der Waals surface area contributed by atoms with Crippen molar-refractivity contribution in [3.8, 4) is 44.5 Å². The van der Waals surface area contributed by atoms with Gasteiger partial charge in [0, 0.05) is 36.5 Å². The summed E-state index contributed by atoms with van der Waals surface area (Å²) >= 11 is 10.4. The zero-order valence-corrected chi connectivity index (χ0v) is 30.5. The molecule has 0 N–H and O–H groups in total. The molecule has 0 spiro atoms. The van der Waals surface area contributed by atoms with Crippen LogP contribution in [-0.2, 0) is 0 Å². The lowest BCUT2D eigenvalue weighted by molar-refractivity contribution is 1.26. The second kappa shape index (κ2) is 9.77. The van der Waals surface area contributed by atoms with E-state index in [-0.39, 0.29) is 0 Å². The lowest BCUT2D eigenvalue weighted by Crippen LogP contribution is -2.08. The van der Waals surface area contributed by atoms with E-state index in [1.54, 1.807) is 0 Å². The molecular formula is C32H28I4. The van der Waals surface area contributed by atoms with E-state index >= 15 is 0 Å². The van der Waals surface area contributed by atoms with Crippen LogP contribution in [0.5, 0.6) is 0 Å². The van der Waals surface area contributed by atoms with Gasteiger partial charge >= 0.3 is 0 Å². The fraction of sp³-hybridized carbons (Fsp3) is 0.250. The average Bonchev–Trinajstić information content (AvgIpc) is 2.82. The Morgan fingerprint density at radius 2 is 0.500 bits per heavy atom. The van der Waals surface area contributed by atoms with Crippen LogP contribution in [-0.4, -0.2) is 0 Å². The molecule has 4 aromatic carbocycles. The number of fused-ring (bicyclic) bond motifs is 8. The maximum absolute atomic E-state index is 2.61. The van der Waals surface area contributed by atoms with Crippen molar-refractivity contribution >= 4 is 90.4 Å². The molecule has 0 saturated heterocycles. The van der Waals surface area contributed by atoms with Crippen molar-refractivity contribution in [2.75, 3.05) is 0 Å². The van der Waals surface area contributed by atoms with E-state index in [1.807, 2.05) is 0 Å². The predicted molar refractivity (Wildman–Crippen MR) is 191 cm³/mol. The molecule has 0 fully saturated rings. The third-order valence-corrected chi connectivity index (χ3v) is 13.6. The molecule has 0 saturated carbocycles. The van der Waals surface area contributed by atoms with Crippen molar-refractivity contribution in [1.82, 2.24) is 0 Å². The normalized spacial score (nSPS) is 11.9.